The predicted octanol–water partition coefficient (Wildman–Crippen LogP) is 0.485. The normalized spacial score (nSPS) is 11.2. The van der Waals surface area contributed by atoms with E-state index < -0.39 is 0 Å². The van der Waals surface area contributed by atoms with Crippen LogP contribution in [0, 0.1) is 0 Å². The Balaban J connectivity index is 3.16. The topological polar surface area (TPSA) is 45.3 Å². The van der Waals surface area contributed by atoms with Crippen LogP contribution in [0.1, 0.15) is 20.8 Å². The van der Waals surface area contributed by atoms with E-state index in [1.165, 1.54) is 0 Å². The van der Waals surface area contributed by atoms with Crippen LogP contribution in [-0.4, -0.2) is 44.0 Å². The summed E-state index contributed by atoms with van der Waals surface area (Å²) < 4.78 is 5.41. The molecule has 0 bridgehead atoms. The average molecular weight is 233 g/mol. The quantitative estimate of drug-likeness (QED) is 0.460. The van der Waals surface area contributed by atoms with Gasteiger partial charge >= 0.3 is 0 Å². The Bertz CT molecular complexity index is 180. The summed E-state index contributed by atoms with van der Waals surface area (Å²) in [5.74, 6) is 0. The molecule has 0 atom stereocenters. The molecule has 15 heavy (non-hydrogen) atoms. The molecule has 0 aliphatic rings. The van der Waals surface area contributed by atoms with Crippen LogP contribution in [0.5, 0.6) is 0 Å². The Hall–Kier alpha value is -0.390. The van der Waals surface area contributed by atoms with Crippen LogP contribution < -0.4 is 16.0 Å². The van der Waals surface area contributed by atoms with Crippen LogP contribution >= 0.6 is 12.2 Å². The molecule has 0 fully saturated rings. The number of hydrogen-bond acceptors (Lipinski definition) is 3. The largest absolute Gasteiger partial charge is 0.378 e. The van der Waals surface area contributed by atoms with Gasteiger partial charge in [-0.2, -0.15) is 0 Å². The number of hydrogen-bond donors (Lipinski definition) is 3. The zero-order valence-electron chi connectivity index (χ0n) is 10.1. The van der Waals surface area contributed by atoms with E-state index in [9.17, 15) is 0 Å². The molecule has 0 aliphatic carbocycles. The van der Waals surface area contributed by atoms with Gasteiger partial charge in [0.2, 0.25) is 0 Å². The first-order chi connectivity index (χ1) is 6.95. The highest BCUT2D eigenvalue weighted by molar-refractivity contribution is 7.80. The number of nitrogens with one attached hydrogen (secondary N) is 3. The maximum atomic E-state index is 5.41. The number of thiocarbonyl (C=S) groups is 1. The Labute approximate surface area is 98.1 Å². The van der Waals surface area contributed by atoms with E-state index in [0.717, 1.165) is 19.7 Å². The first kappa shape index (κ1) is 14.6. The van der Waals surface area contributed by atoms with Gasteiger partial charge in [-0.25, -0.2) is 0 Å². The molecule has 0 aromatic carbocycles. The van der Waals surface area contributed by atoms with E-state index in [1.54, 1.807) is 7.05 Å². The summed E-state index contributed by atoms with van der Waals surface area (Å²) in [5, 5.41) is 9.86. The third kappa shape index (κ3) is 11.5. The van der Waals surface area contributed by atoms with Gasteiger partial charge in [-0.1, -0.05) is 0 Å². The average Bonchev–Trinajstić information content (AvgIpc) is 2.14. The van der Waals surface area contributed by atoms with E-state index in [4.69, 9.17) is 17.0 Å². The van der Waals surface area contributed by atoms with Crippen molar-refractivity contribution in [2.24, 2.45) is 0 Å². The molecule has 0 amide bonds. The van der Waals surface area contributed by atoms with E-state index in [-0.39, 0.29) is 5.54 Å². The van der Waals surface area contributed by atoms with Gasteiger partial charge in [-0.05, 0) is 33.0 Å². The first-order valence-corrected chi connectivity index (χ1v) is 5.65. The van der Waals surface area contributed by atoms with Gasteiger partial charge in [-0.15, -0.1) is 0 Å². The summed E-state index contributed by atoms with van der Waals surface area (Å²) >= 11 is 4.91. The molecule has 3 N–H and O–H groups in total. The van der Waals surface area contributed by atoms with Crippen LogP contribution in [0.4, 0.5) is 0 Å². The Morgan fingerprint density at radius 2 is 1.80 bits per heavy atom. The lowest BCUT2D eigenvalue weighted by atomic mass is 10.1. The monoisotopic (exact) mass is 233 g/mol. The molecule has 0 aromatic heterocycles. The molecule has 4 nitrogen and oxygen atoms in total. The zero-order valence-corrected chi connectivity index (χ0v) is 11.0. The molecule has 90 valence electrons. The van der Waals surface area contributed by atoms with Crippen LogP contribution in [0.3, 0.4) is 0 Å². The summed E-state index contributed by atoms with van der Waals surface area (Å²) in [7, 11) is 1.80. The van der Waals surface area contributed by atoms with Crippen molar-refractivity contribution in [1.82, 2.24) is 16.0 Å². The zero-order chi connectivity index (χ0) is 11.7. The Morgan fingerprint density at radius 3 is 2.33 bits per heavy atom. The maximum Gasteiger partial charge on any atom is 0.166 e. The fraction of sp³-hybridized carbons (Fsp3) is 0.900. The molecule has 0 aliphatic heterocycles. The third-order valence-corrected chi connectivity index (χ3v) is 2.01. The van der Waals surface area contributed by atoms with Crippen molar-refractivity contribution in [3.63, 3.8) is 0 Å². The van der Waals surface area contributed by atoms with Crippen LogP contribution in [0.2, 0.25) is 0 Å². The van der Waals surface area contributed by atoms with Crippen molar-refractivity contribution >= 4 is 17.3 Å². The van der Waals surface area contributed by atoms with Crippen molar-refractivity contribution in [1.29, 1.82) is 0 Å². The van der Waals surface area contributed by atoms with Crippen LogP contribution in [0.25, 0.3) is 0 Å². The maximum absolute atomic E-state index is 5.41. The number of ether oxygens (including phenoxy) is 1. The molecule has 0 spiro atoms. The van der Waals surface area contributed by atoms with Gasteiger partial charge in [0.15, 0.2) is 5.11 Å². The Kier molecular flexibility index (Phi) is 7.64. The van der Waals surface area contributed by atoms with Crippen LogP contribution in [0.15, 0.2) is 0 Å². The second-order valence-corrected chi connectivity index (χ2v) is 4.70. The van der Waals surface area contributed by atoms with E-state index in [2.05, 4.69) is 36.7 Å². The van der Waals surface area contributed by atoms with Crippen molar-refractivity contribution in [3.05, 3.63) is 0 Å². The van der Waals surface area contributed by atoms with Gasteiger partial charge in [0.25, 0.3) is 0 Å². The second kappa shape index (κ2) is 7.84. The van der Waals surface area contributed by atoms with Gasteiger partial charge in [-0.3, -0.25) is 0 Å². The lowest BCUT2D eigenvalue weighted by molar-refractivity contribution is 0.135. The molecule has 0 heterocycles. The predicted molar refractivity (Wildman–Crippen MR) is 68.2 cm³/mol. The van der Waals surface area contributed by atoms with Crippen molar-refractivity contribution in [2.75, 3.05) is 33.4 Å². The molecule has 5 heteroatoms. The van der Waals surface area contributed by atoms with Gasteiger partial charge in [0.1, 0.15) is 0 Å². The summed E-state index contributed by atoms with van der Waals surface area (Å²) in [6, 6.07) is 0. The molecule has 0 radical (unpaired) electrons. The lowest BCUT2D eigenvalue weighted by Crippen LogP contribution is -2.38. The SMILES string of the molecule is CNC(=S)NCCOCCNC(C)(C)C. The minimum atomic E-state index is 0.162. The van der Waals surface area contributed by atoms with Crippen LogP contribution in [-0.2, 0) is 4.74 Å². The second-order valence-electron chi connectivity index (χ2n) is 4.30. The highest BCUT2D eigenvalue weighted by Gasteiger charge is 2.06. The fourth-order valence-electron chi connectivity index (χ4n) is 0.925. The minimum Gasteiger partial charge on any atom is -0.378 e. The molecule has 0 aromatic rings. The smallest absolute Gasteiger partial charge is 0.166 e. The van der Waals surface area contributed by atoms with Crippen molar-refractivity contribution < 1.29 is 4.74 Å². The van der Waals surface area contributed by atoms with E-state index >= 15 is 0 Å². The highest BCUT2D eigenvalue weighted by atomic mass is 32.1. The standard InChI is InChI=1S/C10H23N3OS/c1-10(2,3)13-6-8-14-7-5-12-9(15)11-4/h13H,5-8H2,1-4H3,(H2,11,12,15). The van der Waals surface area contributed by atoms with Gasteiger partial charge in [0.05, 0.1) is 13.2 Å². The lowest BCUT2D eigenvalue weighted by Gasteiger charge is -2.20. The van der Waals surface area contributed by atoms with Gasteiger partial charge in [0, 0.05) is 25.7 Å². The first-order valence-electron chi connectivity index (χ1n) is 5.24. The van der Waals surface area contributed by atoms with Gasteiger partial charge < -0.3 is 20.7 Å². The van der Waals surface area contributed by atoms with E-state index in [1.807, 2.05) is 0 Å². The molecule has 0 saturated heterocycles. The summed E-state index contributed by atoms with van der Waals surface area (Å²) in [5.41, 5.74) is 0.162. The molecule has 0 rings (SSSR count). The fourth-order valence-corrected chi connectivity index (χ4v) is 1.03. The van der Waals surface area contributed by atoms with E-state index in [0.29, 0.717) is 11.7 Å². The van der Waals surface area contributed by atoms with Crippen molar-refractivity contribution in [2.45, 2.75) is 26.3 Å². The molecule has 0 unspecified atom stereocenters. The molecule has 0 saturated carbocycles. The summed E-state index contributed by atoms with van der Waals surface area (Å²) in [6.07, 6.45) is 0. The molecular weight excluding hydrogens is 210 g/mol. The van der Waals surface area contributed by atoms with Crippen molar-refractivity contribution in [3.8, 4) is 0 Å². The molecular formula is C10H23N3OS. The third-order valence-electron chi connectivity index (χ3n) is 1.66. The highest BCUT2D eigenvalue weighted by Crippen LogP contribution is 1.96. The Morgan fingerprint density at radius 1 is 1.20 bits per heavy atom. The summed E-state index contributed by atoms with van der Waals surface area (Å²) in [4.78, 5) is 0. The number of rotatable bonds is 6. The minimum absolute atomic E-state index is 0.162. The summed E-state index contributed by atoms with van der Waals surface area (Å²) in [6.45, 7) is 9.44.